The van der Waals surface area contributed by atoms with Gasteiger partial charge in [0.05, 0.1) is 26.4 Å². The molecule has 0 bridgehead atoms. The van der Waals surface area contributed by atoms with Gasteiger partial charge in [0.15, 0.2) is 0 Å². The number of hydrogen-bond donors (Lipinski definition) is 1. The molecule has 1 saturated heterocycles. The third kappa shape index (κ3) is 2.52. The lowest BCUT2D eigenvalue weighted by molar-refractivity contribution is -0.140. The van der Waals surface area contributed by atoms with Crippen LogP contribution < -0.4 is 0 Å². The Kier molecular flexibility index (Phi) is 4.03. The van der Waals surface area contributed by atoms with Gasteiger partial charge in [-0.2, -0.15) is 0 Å². The summed E-state index contributed by atoms with van der Waals surface area (Å²) < 4.78 is 4.98. The minimum atomic E-state index is -0.194. The summed E-state index contributed by atoms with van der Waals surface area (Å²) in [7, 11) is 0. The second kappa shape index (κ2) is 5.07. The summed E-state index contributed by atoms with van der Waals surface area (Å²) >= 11 is 0. The third-order valence-electron chi connectivity index (χ3n) is 2.16. The number of nitrogens with zero attached hydrogens (tertiary/aromatic N) is 1. The molecule has 1 atom stereocenters. The maximum Gasteiger partial charge on any atom is 0.232 e. The fourth-order valence-corrected chi connectivity index (χ4v) is 1.41. The van der Waals surface area contributed by atoms with E-state index in [4.69, 9.17) is 9.84 Å². The van der Waals surface area contributed by atoms with E-state index in [2.05, 4.69) is 0 Å². The molecule has 14 heavy (non-hydrogen) atoms. The Labute approximate surface area is 82.6 Å². The van der Waals surface area contributed by atoms with Crippen LogP contribution in [0.25, 0.3) is 0 Å². The number of carbonyl (C=O) groups excluding carboxylic acids is 2. The summed E-state index contributed by atoms with van der Waals surface area (Å²) in [5, 5.41) is 8.43. The van der Waals surface area contributed by atoms with Gasteiger partial charge in [0.1, 0.15) is 0 Å². The van der Waals surface area contributed by atoms with E-state index in [0.29, 0.717) is 19.6 Å². The summed E-state index contributed by atoms with van der Waals surface area (Å²) in [6.07, 6.45) is 0.304. The zero-order valence-corrected chi connectivity index (χ0v) is 8.23. The first-order chi connectivity index (χ1) is 6.66. The molecule has 0 radical (unpaired) electrons. The van der Waals surface area contributed by atoms with Crippen molar-refractivity contribution in [2.75, 3.05) is 26.4 Å². The van der Waals surface area contributed by atoms with Gasteiger partial charge in [-0.3, -0.25) is 14.5 Å². The van der Waals surface area contributed by atoms with Crippen molar-refractivity contribution in [1.82, 2.24) is 4.90 Å². The monoisotopic (exact) mass is 201 g/mol. The normalized spacial score (nSPS) is 22.1. The van der Waals surface area contributed by atoms with Gasteiger partial charge in [0, 0.05) is 12.3 Å². The van der Waals surface area contributed by atoms with Crippen LogP contribution in [-0.4, -0.2) is 48.2 Å². The van der Waals surface area contributed by atoms with Crippen LogP contribution in [0, 0.1) is 5.92 Å². The van der Waals surface area contributed by atoms with Gasteiger partial charge < -0.3 is 9.84 Å². The van der Waals surface area contributed by atoms with Crippen LogP contribution in [0.1, 0.15) is 13.3 Å². The average molecular weight is 201 g/mol. The highest BCUT2D eigenvalue weighted by atomic mass is 16.5. The molecule has 1 heterocycles. The highest BCUT2D eigenvalue weighted by Gasteiger charge is 2.34. The van der Waals surface area contributed by atoms with Crippen LogP contribution in [-0.2, 0) is 14.3 Å². The molecule has 2 amide bonds. The Bertz CT molecular complexity index is 229. The summed E-state index contributed by atoms with van der Waals surface area (Å²) in [5.41, 5.74) is 0. The lowest BCUT2D eigenvalue weighted by Gasteiger charge is -2.13. The van der Waals surface area contributed by atoms with Crippen LogP contribution in [0.3, 0.4) is 0 Å². The molecule has 1 N–H and O–H groups in total. The maximum atomic E-state index is 11.4. The van der Waals surface area contributed by atoms with Crippen LogP contribution in [0.4, 0.5) is 0 Å². The van der Waals surface area contributed by atoms with Crippen molar-refractivity contribution < 1.29 is 19.4 Å². The highest BCUT2D eigenvalue weighted by molar-refractivity contribution is 6.03. The molecule has 1 aliphatic heterocycles. The fraction of sp³-hybridized carbons (Fsp3) is 0.778. The molecule has 5 nitrogen and oxygen atoms in total. The van der Waals surface area contributed by atoms with Crippen molar-refractivity contribution in [2.24, 2.45) is 5.92 Å². The second-order valence-electron chi connectivity index (χ2n) is 3.32. The first-order valence-electron chi connectivity index (χ1n) is 4.69. The predicted octanol–water partition coefficient (Wildman–Crippen LogP) is -0.610. The van der Waals surface area contributed by atoms with E-state index in [1.54, 1.807) is 6.92 Å². The molecule has 1 fully saturated rings. The predicted molar refractivity (Wildman–Crippen MR) is 48.4 cm³/mol. The molecule has 80 valence electrons. The van der Waals surface area contributed by atoms with E-state index in [1.165, 1.54) is 4.90 Å². The number of imide groups is 1. The number of aliphatic hydroxyl groups is 1. The summed E-state index contributed by atoms with van der Waals surface area (Å²) in [6.45, 7) is 2.53. The van der Waals surface area contributed by atoms with Crippen LogP contribution in [0.2, 0.25) is 0 Å². The molecule has 0 aromatic rings. The van der Waals surface area contributed by atoms with Crippen molar-refractivity contribution in [3.05, 3.63) is 0 Å². The average Bonchev–Trinajstić information content (AvgIpc) is 2.38. The van der Waals surface area contributed by atoms with Crippen molar-refractivity contribution in [3.63, 3.8) is 0 Å². The number of carbonyl (C=O) groups is 2. The van der Waals surface area contributed by atoms with Crippen LogP contribution in [0.5, 0.6) is 0 Å². The summed E-state index contributed by atoms with van der Waals surface area (Å²) in [5.74, 6) is -0.446. The van der Waals surface area contributed by atoms with Crippen molar-refractivity contribution in [3.8, 4) is 0 Å². The Morgan fingerprint density at radius 1 is 1.50 bits per heavy atom. The van der Waals surface area contributed by atoms with Gasteiger partial charge in [0.2, 0.25) is 11.8 Å². The van der Waals surface area contributed by atoms with E-state index in [-0.39, 0.29) is 30.9 Å². The maximum absolute atomic E-state index is 11.4. The zero-order valence-electron chi connectivity index (χ0n) is 8.23. The molecule has 5 heteroatoms. The quantitative estimate of drug-likeness (QED) is 0.476. The summed E-state index contributed by atoms with van der Waals surface area (Å²) in [6, 6.07) is 0. The standard InChI is InChI=1S/C9H15NO4/c1-7-6-8(12)10(9(7)13)2-4-14-5-3-11/h7,11H,2-6H2,1H3. The number of likely N-dealkylation sites (tertiary alicyclic amines) is 1. The van der Waals surface area contributed by atoms with Crippen LogP contribution >= 0.6 is 0 Å². The molecule has 0 aliphatic carbocycles. The molecule has 0 aromatic heterocycles. The van der Waals surface area contributed by atoms with Gasteiger partial charge in [-0.1, -0.05) is 6.92 Å². The topological polar surface area (TPSA) is 66.8 Å². The number of rotatable bonds is 5. The number of ether oxygens (including phenoxy) is 1. The van der Waals surface area contributed by atoms with Gasteiger partial charge >= 0.3 is 0 Å². The summed E-state index contributed by atoms with van der Waals surface area (Å²) in [4.78, 5) is 23.9. The second-order valence-corrected chi connectivity index (χ2v) is 3.32. The molecule has 0 spiro atoms. The lowest BCUT2D eigenvalue weighted by atomic mass is 10.1. The van der Waals surface area contributed by atoms with Crippen LogP contribution in [0.15, 0.2) is 0 Å². The largest absolute Gasteiger partial charge is 0.394 e. The molecule has 0 aromatic carbocycles. The Hall–Kier alpha value is -0.940. The number of aliphatic hydroxyl groups excluding tert-OH is 1. The first-order valence-corrected chi connectivity index (χ1v) is 4.69. The molecular formula is C9H15NO4. The van der Waals surface area contributed by atoms with E-state index in [9.17, 15) is 9.59 Å². The lowest BCUT2D eigenvalue weighted by Crippen LogP contribution is -2.33. The number of hydrogen-bond acceptors (Lipinski definition) is 4. The smallest absolute Gasteiger partial charge is 0.232 e. The van der Waals surface area contributed by atoms with Crippen molar-refractivity contribution in [1.29, 1.82) is 0 Å². The van der Waals surface area contributed by atoms with Gasteiger partial charge in [-0.15, -0.1) is 0 Å². The van der Waals surface area contributed by atoms with E-state index in [0.717, 1.165) is 0 Å². The molecule has 0 saturated carbocycles. The fourth-order valence-electron chi connectivity index (χ4n) is 1.41. The van der Waals surface area contributed by atoms with E-state index in [1.807, 2.05) is 0 Å². The SMILES string of the molecule is CC1CC(=O)N(CCOCCO)C1=O. The van der Waals surface area contributed by atoms with E-state index >= 15 is 0 Å². The minimum Gasteiger partial charge on any atom is -0.394 e. The Morgan fingerprint density at radius 3 is 2.71 bits per heavy atom. The van der Waals surface area contributed by atoms with Gasteiger partial charge in [-0.25, -0.2) is 0 Å². The minimum absolute atomic E-state index is 0.0434. The number of amides is 2. The highest BCUT2D eigenvalue weighted by Crippen LogP contribution is 2.17. The Morgan fingerprint density at radius 2 is 2.21 bits per heavy atom. The zero-order chi connectivity index (χ0) is 10.6. The molecule has 1 aliphatic rings. The molecule has 1 rings (SSSR count). The third-order valence-corrected chi connectivity index (χ3v) is 2.16. The van der Waals surface area contributed by atoms with Crippen molar-refractivity contribution in [2.45, 2.75) is 13.3 Å². The molecular weight excluding hydrogens is 186 g/mol. The Balaban J connectivity index is 2.30. The first kappa shape index (κ1) is 11.1. The molecule has 1 unspecified atom stereocenters. The van der Waals surface area contributed by atoms with Crippen molar-refractivity contribution >= 4 is 11.8 Å². The van der Waals surface area contributed by atoms with Gasteiger partial charge in [0.25, 0.3) is 0 Å². The van der Waals surface area contributed by atoms with E-state index < -0.39 is 0 Å². The van der Waals surface area contributed by atoms with Gasteiger partial charge in [-0.05, 0) is 0 Å².